The maximum Gasteiger partial charge on any atom is 0.251 e. The third kappa shape index (κ3) is 3.10. The maximum atomic E-state index is 14.6. The van der Waals surface area contributed by atoms with Crippen molar-refractivity contribution in [2.24, 2.45) is 5.73 Å². The van der Waals surface area contributed by atoms with Gasteiger partial charge in [0.15, 0.2) is 0 Å². The molecule has 4 aromatic rings. The molecule has 29 heavy (non-hydrogen) atoms. The van der Waals surface area contributed by atoms with Gasteiger partial charge in [-0.15, -0.1) is 0 Å². The lowest BCUT2D eigenvalue weighted by molar-refractivity contribution is 0.0996. The Morgan fingerprint density at radius 2 is 1.72 bits per heavy atom. The Balaban J connectivity index is 1.86. The van der Waals surface area contributed by atoms with Crippen molar-refractivity contribution in [3.8, 4) is 16.9 Å². The molecule has 2 aromatic carbocycles. The summed E-state index contributed by atoms with van der Waals surface area (Å²) in [4.78, 5) is 31.3. The van der Waals surface area contributed by atoms with Crippen molar-refractivity contribution in [1.82, 2.24) is 9.97 Å². The molecule has 6 nitrogen and oxygen atoms in total. The van der Waals surface area contributed by atoms with E-state index < -0.39 is 34.5 Å². The average molecular weight is 393 g/mol. The number of aromatic amines is 1. The monoisotopic (exact) mass is 393 g/mol. The number of nitrogens with one attached hydrogen (secondary N) is 1. The zero-order chi connectivity index (χ0) is 20.7. The number of carbonyl (C=O) groups is 2. The van der Waals surface area contributed by atoms with Gasteiger partial charge in [-0.1, -0.05) is 12.1 Å². The minimum Gasteiger partial charge on any atom is -0.508 e. The second-order valence-electron chi connectivity index (χ2n) is 6.35. The normalized spacial score (nSPS) is 11.0. The molecule has 8 heteroatoms. The number of hydrogen-bond acceptors (Lipinski definition) is 4. The van der Waals surface area contributed by atoms with Crippen LogP contribution in [0.1, 0.15) is 26.3 Å². The highest BCUT2D eigenvalue weighted by molar-refractivity contribution is 6.17. The van der Waals surface area contributed by atoms with E-state index in [-0.39, 0.29) is 11.3 Å². The van der Waals surface area contributed by atoms with Crippen molar-refractivity contribution >= 4 is 22.7 Å². The molecule has 0 aliphatic carbocycles. The molecule has 0 spiro atoms. The molecule has 1 amide bonds. The first-order chi connectivity index (χ1) is 13.9. The number of fused-ring (bicyclic) bond motifs is 1. The number of phenolic OH excluding ortho intramolecular Hbond substituents is 1. The Morgan fingerprint density at radius 1 is 1.00 bits per heavy atom. The standard InChI is InChI=1S/C21H13F2N3O3/c22-16-6-5-13(20(24)29)18(23)17(16)19(28)15-9-26-21-14(15)7-11(8-25-21)10-1-3-12(27)4-2-10/h1-9,27H,(H2,24,29)(H,25,26). The van der Waals surface area contributed by atoms with Gasteiger partial charge in [-0.25, -0.2) is 13.8 Å². The number of aromatic hydroxyl groups is 1. The quantitative estimate of drug-likeness (QED) is 0.461. The number of nitrogens with two attached hydrogens (primary N) is 1. The fraction of sp³-hybridized carbons (Fsp3) is 0. The molecule has 0 aliphatic rings. The number of primary amides is 1. The summed E-state index contributed by atoms with van der Waals surface area (Å²) in [7, 11) is 0. The van der Waals surface area contributed by atoms with Crippen LogP contribution in [0.25, 0.3) is 22.2 Å². The first-order valence-electron chi connectivity index (χ1n) is 8.46. The molecule has 0 bridgehead atoms. The molecule has 0 saturated heterocycles. The molecule has 2 heterocycles. The number of aromatic nitrogens is 2. The van der Waals surface area contributed by atoms with E-state index in [1.54, 1.807) is 24.4 Å². The van der Waals surface area contributed by atoms with E-state index >= 15 is 0 Å². The predicted molar refractivity (Wildman–Crippen MR) is 102 cm³/mol. The number of halogens is 2. The smallest absolute Gasteiger partial charge is 0.251 e. The van der Waals surface area contributed by atoms with Gasteiger partial charge in [-0.2, -0.15) is 0 Å². The van der Waals surface area contributed by atoms with E-state index in [2.05, 4.69) is 9.97 Å². The molecule has 0 atom stereocenters. The molecule has 144 valence electrons. The highest BCUT2D eigenvalue weighted by Crippen LogP contribution is 2.28. The highest BCUT2D eigenvalue weighted by Gasteiger charge is 2.25. The first-order valence-corrected chi connectivity index (χ1v) is 8.46. The summed E-state index contributed by atoms with van der Waals surface area (Å²) in [6.07, 6.45) is 2.87. The van der Waals surface area contributed by atoms with Crippen molar-refractivity contribution < 1.29 is 23.5 Å². The summed E-state index contributed by atoms with van der Waals surface area (Å²) in [6, 6.07) is 9.70. The maximum absolute atomic E-state index is 14.6. The zero-order valence-electron chi connectivity index (χ0n) is 14.7. The Labute approximate surface area is 162 Å². The molecule has 0 saturated carbocycles. The van der Waals surface area contributed by atoms with Crippen LogP contribution in [0.2, 0.25) is 0 Å². The van der Waals surface area contributed by atoms with Gasteiger partial charge in [-0.05, 0) is 35.9 Å². The van der Waals surface area contributed by atoms with Crippen LogP contribution in [0.15, 0.2) is 54.9 Å². The lowest BCUT2D eigenvalue weighted by Crippen LogP contribution is -2.17. The summed E-state index contributed by atoms with van der Waals surface area (Å²) < 4.78 is 28.9. The van der Waals surface area contributed by atoms with Gasteiger partial charge in [0.2, 0.25) is 5.78 Å². The van der Waals surface area contributed by atoms with Gasteiger partial charge in [0.25, 0.3) is 5.91 Å². The van der Waals surface area contributed by atoms with E-state index in [4.69, 9.17) is 5.73 Å². The Kier molecular flexibility index (Phi) is 4.31. The van der Waals surface area contributed by atoms with E-state index in [1.807, 2.05) is 0 Å². The van der Waals surface area contributed by atoms with E-state index in [1.165, 1.54) is 18.3 Å². The molecular weight excluding hydrogens is 380 g/mol. The number of carbonyl (C=O) groups excluding carboxylic acids is 2. The number of hydrogen-bond donors (Lipinski definition) is 3. The molecule has 0 aliphatic heterocycles. The number of nitrogens with zero attached hydrogens (tertiary/aromatic N) is 1. The fourth-order valence-electron chi connectivity index (χ4n) is 3.09. The number of amides is 1. The fourth-order valence-corrected chi connectivity index (χ4v) is 3.09. The minimum absolute atomic E-state index is 0.00690. The Bertz CT molecular complexity index is 1280. The molecule has 2 aromatic heterocycles. The van der Waals surface area contributed by atoms with Crippen molar-refractivity contribution in [3.63, 3.8) is 0 Å². The van der Waals surface area contributed by atoms with Crippen molar-refractivity contribution in [2.45, 2.75) is 0 Å². The van der Waals surface area contributed by atoms with Crippen LogP contribution in [0.4, 0.5) is 8.78 Å². The summed E-state index contributed by atoms with van der Waals surface area (Å²) in [6.45, 7) is 0. The second kappa shape index (κ2) is 6.83. The van der Waals surface area contributed by atoms with Gasteiger partial charge < -0.3 is 15.8 Å². The molecule has 4 N–H and O–H groups in total. The molecule has 0 unspecified atom stereocenters. The zero-order valence-corrected chi connectivity index (χ0v) is 14.7. The van der Waals surface area contributed by atoms with Crippen LogP contribution >= 0.6 is 0 Å². The number of phenols is 1. The lowest BCUT2D eigenvalue weighted by Gasteiger charge is -2.07. The highest BCUT2D eigenvalue weighted by atomic mass is 19.1. The van der Waals surface area contributed by atoms with Crippen LogP contribution in [-0.4, -0.2) is 26.8 Å². The van der Waals surface area contributed by atoms with E-state index in [0.29, 0.717) is 16.6 Å². The molecule has 0 fully saturated rings. The third-order valence-corrected chi connectivity index (χ3v) is 4.56. The third-order valence-electron chi connectivity index (χ3n) is 4.56. The summed E-state index contributed by atoms with van der Waals surface area (Å²) in [5.74, 6) is -4.36. The lowest BCUT2D eigenvalue weighted by atomic mass is 9.98. The molecular formula is C21H13F2N3O3. The van der Waals surface area contributed by atoms with Crippen LogP contribution in [0.3, 0.4) is 0 Å². The van der Waals surface area contributed by atoms with E-state index in [9.17, 15) is 23.5 Å². The minimum atomic E-state index is -1.31. The number of benzene rings is 2. The van der Waals surface area contributed by atoms with Gasteiger partial charge in [0.05, 0.1) is 11.1 Å². The van der Waals surface area contributed by atoms with Crippen LogP contribution in [-0.2, 0) is 0 Å². The topological polar surface area (TPSA) is 109 Å². The number of pyridine rings is 1. The predicted octanol–water partition coefficient (Wildman–Crippen LogP) is 3.54. The SMILES string of the molecule is NC(=O)c1ccc(F)c(C(=O)c2c[nH]c3ncc(-c4ccc(O)cc4)cc23)c1F. The van der Waals surface area contributed by atoms with Gasteiger partial charge in [0, 0.05) is 28.9 Å². The number of ketones is 1. The van der Waals surface area contributed by atoms with Crippen LogP contribution in [0, 0.1) is 11.6 Å². The van der Waals surface area contributed by atoms with Crippen molar-refractivity contribution in [2.75, 3.05) is 0 Å². The van der Waals surface area contributed by atoms with Crippen LogP contribution in [0.5, 0.6) is 5.75 Å². The van der Waals surface area contributed by atoms with E-state index in [0.717, 1.165) is 17.7 Å². The van der Waals surface area contributed by atoms with Gasteiger partial charge >= 0.3 is 0 Å². The summed E-state index contributed by atoms with van der Waals surface area (Å²) in [5.41, 5.74) is 5.36. The molecule has 0 radical (unpaired) electrons. The van der Waals surface area contributed by atoms with Crippen molar-refractivity contribution in [1.29, 1.82) is 0 Å². The van der Waals surface area contributed by atoms with Gasteiger partial charge in [-0.3, -0.25) is 9.59 Å². The number of rotatable bonds is 4. The van der Waals surface area contributed by atoms with Gasteiger partial charge in [0.1, 0.15) is 23.0 Å². The summed E-state index contributed by atoms with van der Waals surface area (Å²) in [5, 5.41) is 9.78. The van der Waals surface area contributed by atoms with Crippen LogP contribution < -0.4 is 5.73 Å². The Morgan fingerprint density at radius 3 is 2.41 bits per heavy atom. The average Bonchev–Trinajstić information content (AvgIpc) is 3.11. The number of H-pyrrole nitrogens is 1. The second-order valence-corrected chi connectivity index (χ2v) is 6.35. The largest absolute Gasteiger partial charge is 0.508 e. The van der Waals surface area contributed by atoms with Crippen molar-refractivity contribution in [3.05, 3.63) is 83.2 Å². The first kappa shape index (κ1) is 18.3. The molecule has 4 rings (SSSR count). The summed E-state index contributed by atoms with van der Waals surface area (Å²) >= 11 is 0. The Hall–Kier alpha value is -4.07.